The van der Waals surface area contributed by atoms with Crippen molar-refractivity contribution in [2.75, 3.05) is 6.61 Å². The van der Waals surface area contributed by atoms with E-state index in [0.29, 0.717) is 32.1 Å². The second-order valence-electron chi connectivity index (χ2n) is 13.4. The van der Waals surface area contributed by atoms with E-state index in [1.54, 1.807) is 13.0 Å². The van der Waals surface area contributed by atoms with Gasteiger partial charge in [-0.05, 0) is 81.6 Å². The van der Waals surface area contributed by atoms with Crippen molar-refractivity contribution in [3.05, 3.63) is 11.6 Å². The Hall–Kier alpha value is -1.56. The monoisotopic (exact) mass is 550 g/mol. The van der Waals surface area contributed by atoms with Crippen LogP contribution in [0.2, 0.25) is 0 Å². The molecule has 0 aromatic heterocycles. The van der Waals surface area contributed by atoms with E-state index in [1.165, 1.54) is 0 Å². The van der Waals surface area contributed by atoms with Gasteiger partial charge in [-0.2, -0.15) is 0 Å². The quantitative estimate of drug-likeness (QED) is 0.257. The molecular formula is C29H42O10. The van der Waals surface area contributed by atoms with Crippen LogP contribution in [0.1, 0.15) is 78.1 Å². The number of hydrogen-bond acceptors (Lipinski definition) is 9. The molecule has 0 amide bonds. The Morgan fingerprint density at radius 2 is 1.79 bits per heavy atom. The second-order valence-corrected chi connectivity index (χ2v) is 13.4. The average molecular weight is 551 g/mol. The summed E-state index contributed by atoms with van der Waals surface area (Å²) in [5.74, 6) is -2.01. The highest BCUT2D eigenvalue weighted by Gasteiger charge is 2.73. The fourth-order valence-electron chi connectivity index (χ4n) is 9.91. The first-order valence-electron chi connectivity index (χ1n) is 14.6. The Morgan fingerprint density at radius 1 is 1.05 bits per heavy atom. The highest BCUT2D eigenvalue weighted by Crippen LogP contribution is 2.71. The Kier molecular flexibility index (Phi) is 6.53. The molecule has 218 valence electrons. The first-order chi connectivity index (χ1) is 18.3. The summed E-state index contributed by atoms with van der Waals surface area (Å²) in [5, 5.41) is 55.4. The van der Waals surface area contributed by atoms with E-state index in [0.717, 1.165) is 12.0 Å². The van der Waals surface area contributed by atoms with E-state index in [-0.39, 0.29) is 56.0 Å². The fourth-order valence-corrected chi connectivity index (χ4v) is 9.91. The van der Waals surface area contributed by atoms with E-state index in [2.05, 4.69) is 6.92 Å². The fraction of sp³-hybridized carbons (Fsp3) is 0.862. The van der Waals surface area contributed by atoms with Gasteiger partial charge in [0.05, 0.1) is 34.9 Å². The average Bonchev–Trinajstić information content (AvgIpc) is 3.41. The summed E-state index contributed by atoms with van der Waals surface area (Å²) >= 11 is 0. The molecule has 0 bridgehead atoms. The van der Waals surface area contributed by atoms with Gasteiger partial charge in [0.15, 0.2) is 6.29 Å². The van der Waals surface area contributed by atoms with Gasteiger partial charge in [0.25, 0.3) is 0 Å². The van der Waals surface area contributed by atoms with Crippen molar-refractivity contribution in [3.8, 4) is 0 Å². The predicted octanol–water partition coefficient (Wildman–Crippen LogP) is 1.66. The minimum atomic E-state index is -1.50. The molecule has 10 nitrogen and oxygen atoms in total. The summed E-state index contributed by atoms with van der Waals surface area (Å²) in [7, 11) is 0. The van der Waals surface area contributed by atoms with Gasteiger partial charge in [-0.15, -0.1) is 0 Å². The predicted molar refractivity (Wildman–Crippen MR) is 135 cm³/mol. The molecule has 10 heteroatoms. The molecule has 12 atom stereocenters. The lowest BCUT2D eigenvalue weighted by Gasteiger charge is -2.65. The summed E-state index contributed by atoms with van der Waals surface area (Å²) in [6, 6.07) is 0. The molecule has 2 aliphatic heterocycles. The molecular weight excluding hydrogens is 508 g/mol. The summed E-state index contributed by atoms with van der Waals surface area (Å²) in [4.78, 5) is 24.9. The summed E-state index contributed by atoms with van der Waals surface area (Å²) in [6.07, 6.45) is 1.89. The number of hydrogen-bond donors (Lipinski definition) is 5. The standard InChI is InChI=1S/C29H42O10/c1-15-24(32)21(30)12-23(38-15)39-17-3-9-28(25(33)34)19-4-7-26(2)18(16-11-22(31)37-14-16)6-10-29(26,36)20(19)5-8-27(28,35)13-17/h11,15,17-21,23-24,30,32,35-36H,3-10,12-14H2,1-2H3,(H,33,34)/t15-,17+,18-,19+,20-,21+,23+,24-,26-,27+,28-,29+/m1/s1. The van der Waals surface area contributed by atoms with Crippen LogP contribution < -0.4 is 0 Å². The van der Waals surface area contributed by atoms with Crippen LogP contribution >= 0.6 is 0 Å². The maximum atomic E-state index is 13.1. The van der Waals surface area contributed by atoms with Crippen LogP contribution in [0, 0.1) is 28.6 Å². The minimum Gasteiger partial charge on any atom is -0.481 e. The molecule has 0 aromatic carbocycles. The number of cyclic esters (lactones) is 1. The van der Waals surface area contributed by atoms with Crippen LogP contribution in [0.3, 0.4) is 0 Å². The van der Waals surface area contributed by atoms with Crippen molar-refractivity contribution in [3.63, 3.8) is 0 Å². The van der Waals surface area contributed by atoms with Crippen LogP contribution in [0.15, 0.2) is 11.6 Å². The molecule has 39 heavy (non-hydrogen) atoms. The maximum absolute atomic E-state index is 13.1. The first-order valence-corrected chi connectivity index (χ1v) is 14.6. The second kappa shape index (κ2) is 9.22. The molecule has 0 unspecified atom stereocenters. The zero-order chi connectivity index (χ0) is 28.0. The Bertz CT molecular complexity index is 1050. The minimum absolute atomic E-state index is 0.00683. The van der Waals surface area contributed by atoms with Crippen molar-refractivity contribution < 1.29 is 49.3 Å². The van der Waals surface area contributed by atoms with E-state index in [4.69, 9.17) is 14.2 Å². The number of ether oxygens (including phenoxy) is 3. The van der Waals surface area contributed by atoms with Crippen molar-refractivity contribution in [2.24, 2.45) is 28.6 Å². The van der Waals surface area contributed by atoms with Crippen LogP contribution in [0.5, 0.6) is 0 Å². The number of aliphatic carboxylic acids is 1. The third-order valence-electron chi connectivity index (χ3n) is 11.9. The third-order valence-corrected chi connectivity index (χ3v) is 11.9. The lowest BCUT2D eigenvalue weighted by atomic mass is 9.41. The van der Waals surface area contributed by atoms with Crippen LogP contribution in [-0.4, -0.2) is 86.0 Å². The maximum Gasteiger partial charge on any atom is 0.331 e. The number of aliphatic hydroxyl groups is 4. The smallest absolute Gasteiger partial charge is 0.331 e. The highest BCUT2D eigenvalue weighted by atomic mass is 16.7. The Morgan fingerprint density at radius 3 is 2.46 bits per heavy atom. The number of carbonyl (C=O) groups is 2. The van der Waals surface area contributed by atoms with E-state index in [1.807, 2.05) is 0 Å². The number of carboxylic acid groups (broad SMARTS) is 1. The molecule has 6 rings (SSSR count). The third kappa shape index (κ3) is 3.82. The summed E-state index contributed by atoms with van der Waals surface area (Å²) in [6.45, 7) is 4.00. The molecule has 0 aromatic rings. The van der Waals surface area contributed by atoms with Gasteiger partial charge < -0.3 is 39.7 Å². The van der Waals surface area contributed by atoms with Crippen LogP contribution in [0.25, 0.3) is 0 Å². The number of carboxylic acids is 1. The SMILES string of the molecule is C[C@H]1O[C@@H](O[C@H]2CC[C@]3(C(=O)O)[C@H]4CC[C@]5(C)[C@@H](C6=CC(=O)OC6)CC[C@]5(O)[C@@H]4CC[C@]3(O)C2)C[C@H](O)[C@@H]1O. The van der Waals surface area contributed by atoms with Crippen molar-refractivity contribution in [1.82, 2.24) is 0 Å². The van der Waals surface area contributed by atoms with E-state index in [9.17, 15) is 35.1 Å². The van der Waals surface area contributed by atoms with Gasteiger partial charge in [-0.25, -0.2) is 4.79 Å². The Balaban J connectivity index is 1.24. The molecule has 6 aliphatic rings. The zero-order valence-corrected chi connectivity index (χ0v) is 22.8. The molecule has 4 aliphatic carbocycles. The topological polar surface area (TPSA) is 163 Å². The van der Waals surface area contributed by atoms with Crippen LogP contribution in [0.4, 0.5) is 0 Å². The molecule has 1 saturated heterocycles. The van der Waals surface area contributed by atoms with Gasteiger partial charge in [-0.3, -0.25) is 4.79 Å². The van der Waals surface area contributed by atoms with Gasteiger partial charge in [0.1, 0.15) is 12.7 Å². The number of carbonyl (C=O) groups excluding carboxylic acids is 1. The van der Waals surface area contributed by atoms with Gasteiger partial charge in [0, 0.05) is 24.3 Å². The lowest BCUT2D eigenvalue weighted by Crippen LogP contribution is -2.70. The molecule has 5 fully saturated rings. The van der Waals surface area contributed by atoms with Gasteiger partial charge >= 0.3 is 11.9 Å². The molecule has 0 radical (unpaired) electrons. The number of rotatable bonds is 4. The number of fused-ring (bicyclic) bond motifs is 5. The van der Waals surface area contributed by atoms with Crippen molar-refractivity contribution >= 4 is 11.9 Å². The first kappa shape index (κ1) is 27.6. The summed E-state index contributed by atoms with van der Waals surface area (Å²) in [5.41, 5.74) is -3.56. The normalized spacial score (nSPS) is 53.3. The van der Waals surface area contributed by atoms with Crippen molar-refractivity contribution in [1.29, 1.82) is 0 Å². The lowest BCUT2D eigenvalue weighted by molar-refractivity contribution is -0.290. The number of esters is 1. The molecule has 2 heterocycles. The molecule has 0 spiro atoms. The zero-order valence-electron chi connectivity index (χ0n) is 22.8. The van der Waals surface area contributed by atoms with Crippen molar-refractivity contribution in [2.45, 2.75) is 120 Å². The van der Waals surface area contributed by atoms with Crippen LogP contribution in [-0.2, 0) is 23.8 Å². The van der Waals surface area contributed by atoms with E-state index < -0.39 is 58.7 Å². The molecule has 5 N–H and O–H groups in total. The van der Waals surface area contributed by atoms with Gasteiger partial charge in [-0.1, -0.05) is 6.92 Å². The van der Waals surface area contributed by atoms with E-state index >= 15 is 0 Å². The largest absolute Gasteiger partial charge is 0.481 e. The summed E-state index contributed by atoms with van der Waals surface area (Å²) < 4.78 is 17.1. The Labute approximate surface area is 228 Å². The van der Waals surface area contributed by atoms with Gasteiger partial charge in [0.2, 0.25) is 0 Å². The number of aliphatic hydroxyl groups excluding tert-OH is 2. The molecule has 4 saturated carbocycles. The highest BCUT2D eigenvalue weighted by molar-refractivity contribution is 5.85.